The molecular weight excluding hydrogens is 618 g/mol. The van der Waals surface area contributed by atoms with Crippen molar-refractivity contribution in [2.45, 2.75) is 36.9 Å². The van der Waals surface area contributed by atoms with Crippen LogP contribution in [0.2, 0.25) is 10.0 Å². The normalized spacial score (nSPS) is 18.7. The van der Waals surface area contributed by atoms with Gasteiger partial charge in [0.05, 0.1) is 21.2 Å². The van der Waals surface area contributed by atoms with Crippen molar-refractivity contribution in [2.24, 2.45) is 0 Å². The second-order valence-electron chi connectivity index (χ2n) is 9.28. The van der Waals surface area contributed by atoms with Crippen LogP contribution in [0.1, 0.15) is 39.4 Å². The lowest BCUT2D eigenvalue weighted by Crippen LogP contribution is -2.51. The molecule has 2 aromatic carbocycles. The van der Waals surface area contributed by atoms with E-state index in [0.29, 0.717) is 17.7 Å². The second kappa shape index (κ2) is 12.3. The van der Waals surface area contributed by atoms with Crippen LogP contribution in [0.5, 0.6) is 0 Å². The number of alkyl halides is 9. The average molecular weight is 639 g/mol. The van der Waals surface area contributed by atoms with Crippen LogP contribution in [0.15, 0.2) is 36.4 Å². The minimum absolute atomic E-state index is 0.0697. The number of piperidine rings is 1. The molecule has 1 aliphatic rings. The molecular formula is C25H21Cl2F9N2O3. The third-order valence-corrected chi connectivity index (χ3v) is 7.30. The van der Waals surface area contributed by atoms with Crippen molar-refractivity contribution in [1.82, 2.24) is 9.80 Å². The molecule has 2 atom stereocenters. The van der Waals surface area contributed by atoms with E-state index in [2.05, 4.69) is 4.74 Å². The number of benzene rings is 2. The van der Waals surface area contributed by atoms with Gasteiger partial charge < -0.3 is 9.64 Å². The topological polar surface area (TPSA) is 49.9 Å². The summed E-state index contributed by atoms with van der Waals surface area (Å²) < 4.78 is 122. The van der Waals surface area contributed by atoms with Gasteiger partial charge >= 0.3 is 24.5 Å². The van der Waals surface area contributed by atoms with Gasteiger partial charge in [-0.05, 0) is 42.3 Å². The molecule has 0 bridgehead atoms. The molecule has 0 aromatic heterocycles. The molecule has 226 valence electrons. The van der Waals surface area contributed by atoms with Crippen molar-refractivity contribution in [3.63, 3.8) is 0 Å². The molecule has 2 aromatic rings. The number of carbonyl (C=O) groups excluding carboxylic acids is 2. The van der Waals surface area contributed by atoms with E-state index in [1.165, 1.54) is 19.2 Å². The molecule has 0 N–H and O–H groups in total. The van der Waals surface area contributed by atoms with Crippen molar-refractivity contribution in [1.29, 1.82) is 0 Å². The molecule has 1 heterocycles. The highest BCUT2D eigenvalue weighted by atomic mass is 35.5. The number of halogens is 11. The Labute approximate surface area is 237 Å². The molecule has 1 aliphatic heterocycles. The third-order valence-electron chi connectivity index (χ3n) is 6.56. The van der Waals surface area contributed by atoms with Gasteiger partial charge in [-0.2, -0.15) is 39.5 Å². The first-order valence-electron chi connectivity index (χ1n) is 11.8. The lowest BCUT2D eigenvalue weighted by atomic mass is 9.84. The van der Waals surface area contributed by atoms with E-state index >= 15 is 0 Å². The van der Waals surface area contributed by atoms with Crippen LogP contribution in [0.3, 0.4) is 0 Å². The first kappa shape index (κ1) is 32.8. The number of likely N-dealkylation sites (N-methyl/N-ethyl adjacent to an activating group) is 1. The highest BCUT2D eigenvalue weighted by Crippen LogP contribution is 2.38. The van der Waals surface area contributed by atoms with E-state index < -0.39 is 65.7 Å². The zero-order chi connectivity index (χ0) is 30.9. The summed E-state index contributed by atoms with van der Waals surface area (Å²) in [4.78, 5) is 27.0. The Hall–Kier alpha value is -2.71. The van der Waals surface area contributed by atoms with Crippen LogP contribution in [0.25, 0.3) is 0 Å². The number of hydrogen-bond donors (Lipinski definition) is 0. The predicted molar refractivity (Wildman–Crippen MR) is 130 cm³/mol. The summed E-state index contributed by atoms with van der Waals surface area (Å²) in [6.07, 6.45) is -15.4. The van der Waals surface area contributed by atoms with Gasteiger partial charge in [-0.3, -0.25) is 9.69 Å². The van der Waals surface area contributed by atoms with E-state index in [4.69, 9.17) is 23.2 Å². The summed E-state index contributed by atoms with van der Waals surface area (Å²) >= 11 is 12.1. The van der Waals surface area contributed by atoms with Gasteiger partial charge in [-0.1, -0.05) is 29.3 Å². The van der Waals surface area contributed by atoms with E-state index in [0.717, 1.165) is 4.90 Å². The number of amides is 1. The molecule has 16 heteroatoms. The van der Waals surface area contributed by atoms with Gasteiger partial charge in [0, 0.05) is 44.2 Å². The molecule has 3 rings (SSSR count). The smallest absolute Gasteiger partial charge is 0.458 e. The maximum absolute atomic E-state index is 13.4. The summed E-state index contributed by atoms with van der Waals surface area (Å²) in [5, 5.41) is 0.313. The number of ether oxygens (including phenoxy) is 1. The first-order valence-corrected chi connectivity index (χ1v) is 12.5. The Morgan fingerprint density at radius 2 is 1.51 bits per heavy atom. The zero-order valence-corrected chi connectivity index (χ0v) is 22.4. The van der Waals surface area contributed by atoms with Gasteiger partial charge in [-0.25, -0.2) is 4.79 Å². The Balaban J connectivity index is 1.91. The Kier molecular flexibility index (Phi) is 9.81. The van der Waals surface area contributed by atoms with Gasteiger partial charge in [0.25, 0.3) is 5.91 Å². The lowest BCUT2D eigenvalue weighted by Gasteiger charge is -2.43. The van der Waals surface area contributed by atoms with Crippen molar-refractivity contribution >= 4 is 35.1 Å². The van der Waals surface area contributed by atoms with E-state index in [-0.39, 0.29) is 42.2 Å². The standard InChI is InChI=1S/C25H21Cl2F9N2O3/c1-37(21(39)14-8-15(23(28,29)30)11-16(9-14)24(31,32)33)20-4-5-38(6-7-41-22(40)25(34,35)36)12-17(20)13-2-3-18(26)19(27)10-13/h2-3,8-11,17,20H,4-7,12H2,1H3/t17-,20+/m0/s1. The van der Waals surface area contributed by atoms with Crippen LogP contribution in [0.4, 0.5) is 39.5 Å². The molecule has 41 heavy (non-hydrogen) atoms. The Morgan fingerprint density at radius 1 is 0.927 bits per heavy atom. The maximum Gasteiger partial charge on any atom is 0.490 e. The third kappa shape index (κ3) is 8.19. The fourth-order valence-corrected chi connectivity index (χ4v) is 4.83. The Morgan fingerprint density at radius 3 is 2.02 bits per heavy atom. The first-order chi connectivity index (χ1) is 18.8. The molecule has 0 saturated carbocycles. The van der Waals surface area contributed by atoms with Crippen molar-refractivity contribution < 1.29 is 53.8 Å². The lowest BCUT2D eigenvalue weighted by molar-refractivity contribution is -0.200. The largest absolute Gasteiger partial charge is 0.490 e. The number of esters is 1. The molecule has 0 radical (unpaired) electrons. The van der Waals surface area contributed by atoms with Gasteiger partial charge in [0.1, 0.15) is 6.61 Å². The molecule has 0 aliphatic carbocycles. The minimum Gasteiger partial charge on any atom is -0.458 e. The highest BCUT2D eigenvalue weighted by Gasteiger charge is 2.42. The van der Waals surface area contributed by atoms with Crippen molar-refractivity contribution in [3.8, 4) is 0 Å². The average Bonchev–Trinajstić information content (AvgIpc) is 2.87. The minimum atomic E-state index is -5.17. The molecule has 1 saturated heterocycles. The number of rotatable bonds is 6. The van der Waals surface area contributed by atoms with E-state index in [1.54, 1.807) is 11.0 Å². The number of nitrogens with zero attached hydrogens (tertiary/aromatic N) is 2. The van der Waals surface area contributed by atoms with Crippen molar-refractivity contribution in [2.75, 3.05) is 33.3 Å². The van der Waals surface area contributed by atoms with Crippen LogP contribution >= 0.6 is 23.2 Å². The second-order valence-corrected chi connectivity index (χ2v) is 10.1. The summed E-state index contributed by atoms with van der Waals surface area (Å²) in [5.41, 5.74) is -3.62. The molecule has 1 amide bonds. The van der Waals surface area contributed by atoms with E-state index in [1.807, 2.05) is 0 Å². The highest BCUT2D eigenvalue weighted by molar-refractivity contribution is 6.42. The van der Waals surface area contributed by atoms with Crippen molar-refractivity contribution in [3.05, 3.63) is 68.7 Å². The van der Waals surface area contributed by atoms with Gasteiger partial charge in [-0.15, -0.1) is 0 Å². The molecule has 5 nitrogen and oxygen atoms in total. The summed E-state index contributed by atoms with van der Waals surface area (Å²) in [5.74, 6) is -4.12. The van der Waals surface area contributed by atoms with Crippen LogP contribution in [-0.2, 0) is 21.9 Å². The molecule has 0 unspecified atom stereocenters. The SMILES string of the molecule is CN(C(=O)c1cc(C(F)(F)F)cc(C(F)(F)F)c1)[C@@H]1CCN(CCOC(=O)C(F)(F)F)C[C@H]1c1ccc(Cl)c(Cl)c1. The predicted octanol–water partition coefficient (Wildman–Crippen LogP) is 7.07. The fourth-order valence-electron chi connectivity index (χ4n) is 4.53. The summed E-state index contributed by atoms with van der Waals surface area (Å²) in [6.45, 7) is -0.497. The number of likely N-dealkylation sites (tertiary alicyclic amines) is 1. The zero-order valence-electron chi connectivity index (χ0n) is 20.9. The number of carbonyl (C=O) groups is 2. The Bertz CT molecular complexity index is 1250. The van der Waals surface area contributed by atoms with Crippen LogP contribution in [-0.4, -0.2) is 67.2 Å². The quantitative estimate of drug-likeness (QED) is 0.251. The van der Waals surface area contributed by atoms with E-state index in [9.17, 15) is 49.1 Å². The maximum atomic E-state index is 13.4. The summed E-state index contributed by atoms with van der Waals surface area (Å²) in [6, 6.07) is 4.29. The molecule has 1 fully saturated rings. The number of hydrogen-bond acceptors (Lipinski definition) is 4. The van der Waals surface area contributed by atoms with Gasteiger partial charge in [0.15, 0.2) is 0 Å². The monoisotopic (exact) mass is 638 g/mol. The summed E-state index contributed by atoms with van der Waals surface area (Å²) in [7, 11) is 1.23. The van der Waals surface area contributed by atoms with Gasteiger partial charge in [0.2, 0.25) is 0 Å². The molecule has 0 spiro atoms. The van der Waals surface area contributed by atoms with Crippen LogP contribution in [0, 0.1) is 0 Å². The fraction of sp³-hybridized carbons (Fsp3) is 0.440. The van der Waals surface area contributed by atoms with Crippen LogP contribution < -0.4 is 0 Å².